The van der Waals surface area contributed by atoms with Crippen molar-refractivity contribution in [3.8, 4) is 0 Å². The Kier molecular flexibility index (Phi) is 9.15. The summed E-state index contributed by atoms with van der Waals surface area (Å²) < 4.78 is 1.65. The molecule has 0 unspecified atom stereocenters. The van der Waals surface area contributed by atoms with Crippen molar-refractivity contribution in [3.05, 3.63) is 124 Å². The molecular weight excluding hydrogens is 614 g/mol. The fraction of sp³-hybridized carbons (Fsp3) is 0.257. The first-order valence-electron chi connectivity index (χ1n) is 15.6. The Morgan fingerprint density at radius 1 is 1.17 bits per heavy atom. The van der Waals surface area contributed by atoms with Crippen LogP contribution in [0.3, 0.4) is 0 Å². The molecule has 246 valence electrons. The smallest absolute Gasteiger partial charge is 0.269 e. The van der Waals surface area contributed by atoms with Crippen molar-refractivity contribution in [2.24, 2.45) is 5.92 Å². The van der Waals surface area contributed by atoms with E-state index in [1.165, 1.54) is 23.1 Å². The van der Waals surface area contributed by atoms with E-state index < -0.39 is 22.3 Å². The average Bonchev–Trinajstić information content (AvgIpc) is 3.76. The van der Waals surface area contributed by atoms with Crippen molar-refractivity contribution >= 4 is 39.8 Å². The number of nitrogens with one attached hydrogen (secondary N) is 2. The molecule has 4 N–H and O–H groups in total. The van der Waals surface area contributed by atoms with Crippen LogP contribution in [-0.2, 0) is 41.1 Å². The molecule has 1 aliphatic rings. The molecule has 0 radical (unpaired) electrons. The number of amides is 2. The van der Waals surface area contributed by atoms with Gasteiger partial charge in [0.2, 0.25) is 5.91 Å². The number of aliphatic hydroxyl groups excluding tert-OH is 1. The summed E-state index contributed by atoms with van der Waals surface area (Å²) in [5, 5.41) is 44.6. The van der Waals surface area contributed by atoms with Crippen molar-refractivity contribution in [2.45, 2.75) is 44.9 Å². The number of hydrogen-bond acceptors (Lipinski definition) is 8. The summed E-state index contributed by atoms with van der Waals surface area (Å²) in [4.78, 5) is 42.4. The largest absolute Gasteiger partial charge is 0.396 e. The molecule has 48 heavy (non-hydrogen) atoms. The number of aryl methyl sites for hydroxylation is 1. The molecule has 13 nitrogen and oxygen atoms in total. The van der Waals surface area contributed by atoms with Gasteiger partial charge in [0.25, 0.3) is 11.6 Å². The summed E-state index contributed by atoms with van der Waals surface area (Å²) in [7, 11) is 0. The number of nitro benzene ring substituents is 1. The van der Waals surface area contributed by atoms with Crippen LogP contribution >= 0.6 is 0 Å². The topological polar surface area (TPSA) is 180 Å². The van der Waals surface area contributed by atoms with E-state index in [0.717, 1.165) is 22.0 Å². The van der Waals surface area contributed by atoms with Gasteiger partial charge in [-0.3, -0.25) is 24.4 Å². The summed E-state index contributed by atoms with van der Waals surface area (Å²) in [5.74, 6) is -1.47. The number of H-pyrrole nitrogens is 1. The highest BCUT2D eigenvalue weighted by molar-refractivity contribution is 6.07. The molecule has 6 rings (SSSR count). The summed E-state index contributed by atoms with van der Waals surface area (Å²) in [5.41, 5.74) is 2.18. The van der Waals surface area contributed by atoms with E-state index in [1.807, 2.05) is 36.5 Å². The molecule has 0 spiro atoms. The highest BCUT2D eigenvalue weighted by Crippen LogP contribution is 2.47. The third kappa shape index (κ3) is 6.46. The molecule has 2 aromatic heterocycles. The van der Waals surface area contributed by atoms with Crippen LogP contribution < -0.4 is 10.2 Å². The zero-order valence-corrected chi connectivity index (χ0v) is 26.2. The second-order valence-corrected chi connectivity index (χ2v) is 11.8. The van der Waals surface area contributed by atoms with E-state index in [4.69, 9.17) is 5.11 Å². The number of fused-ring (bicyclic) bond motifs is 2. The predicted octanol–water partition coefficient (Wildman–Crippen LogP) is 4.40. The Hall–Kier alpha value is -5.66. The van der Waals surface area contributed by atoms with Crippen LogP contribution in [-0.4, -0.2) is 53.5 Å². The lowest BCUT2D eigenvalue weighted by Crippen LogP contribution is -2.44. The number of non-ortho nitro benzene ring substituents is 1. The van der Waals surface area contributed by atoms with Gasteiger partial charge < -0.3 is 25.4 Å². The molecule has 0 bridgehead atoms. The molecule has 2 amide bonds. The number of hydrogen-bond donors (Lipinski definition) is 4. The van der Waals surface area contributed by atoms with Crippen molar-refractivity contribution in [1.82, 2.24) is 20.0 Å². The zero-order chi connectivity index (χ0) is 33.8. The van der Waals surface area contributed by atoms with Crippen LogP contribution in [0.15, 0.2) is 91.3 Å². The number of para-hydroxylation sites is 1. The predicted molar refractivity (Wildman–Crippen MR) is 179 cm³/mol. The highest BCUT2D eigenvalue weighted by Gasteiger charge is 2.53. The third-order valence-electron chi connectivity index (χ3n) is 8.63. The minimum atomic E-state index is -2.03. The van der Waals surface area contributed by atoms with E-state index in [0.29, 0.717) is 36.5 Å². The van der Waals surface area contributed by atoms with Gasteiger partial charge in [-0.1, -0.05) is 54.6 Å². The Morgan fingerprint density at radius 2 is 1.96 bits per heavy atom. The molecule has 3 aromatic carbocycles. The number of rotatable bonds is 13. The second-order valence-electron chi connectivity index (χ2n) is 11.8. The summed E-state index contributed by atoms with van der Waals surface area (Å²) in [6.45, 7) is 2.29. The SMILES string of the molecule is C[C@H](/C=C/CCn1cc(CCO)nn1)[C@@]1(O)C(=O)N(Cc2ccc(NC(=O)Cc3c[nH]c4ccccc34)cc2)c2ccc([N+](=O)[O-])cc21. The zero-order valence-electron chi connectivity index (χ0n) is 26.2. The first-order chi connectivity index (χ1) is 23.2. The van der Waals surface area contributed by atoms with Crippen LogP contribution in [0.25, 0.3) is 10.9 Å². The Labute approximate surface area is 275 Å². The van der Waals surface area contributed by atoms with Gasteiger partial charge in [-0.25, -0.2) is 0 Å². The summed E-state index contributed by atoms with van der Waals surface area (Å²) in [6.07, 6.45) is 8.29. The average molecular weight is 650 g/mol. The van der Waals surface area contributed by atoms with Crippen molar-refractivity contribution in [1.29, 1.82) is 0 Å². The lowest BCUT2D eigenvalue weighted by Gasteiger charge is -2.27. The number of aromatic amines is 1. The van der Waals surface area contributed by atoms with Crippen LogP contribution in [0.4, 0.5) is 17.1 Å². The van der Waals surface area contributed by atoms with Crippen molar-refractivity contribution in [3.63, 3.8) is 0 Å². The highest BCUT2D eigenvalue weighted by atomic mass is 16.6. The fourth-order valence-corrected chi connectivity index (χ4v) is 6.06. The molecule has 0 aliphatic carbocycles. The Morgan fingerprint density at radius 3 is 2.73 bits per heavy atom. The van der Waals surface area contributed by atoms with Gasteiger partial charge in [0.1, 0.15) is 0 Å². The minimum absolute atomic E-state index is 0.0178. The first kappa shape index (κ1) is 32.3. The first-order valence-corrected chi connectivity index (χ1v) is 15.6. The molecule has 5 aromatic rings. The number of allylic oxidation sites excluding steroid dienone is 1. The van der Waals surface area contributed by atoms with Gasteiger partial charge in [-0.2, -0.15) is 0 Å². The molecule has 0 saturated carbocycles. The van der Waals surface area contributed by atoms with Gasteiger partial charge in [0.05, 0.1) is 29.3 Å². The number of aromatic nitrogens is 4. The van der Waals surface area contributed by atoms with E-state index in [2.05, 4.69) is 20.6 Å². The van der Waals surface area contributed by atoms with Gasteiger partial charge in [-0.15, -0.1) is 5.10 Å². The normalized spacial score (nSPS) is 16.5. The van der Waals surface area contributed by atoms with Crippen molar-refractivity contribution < 1.29 is 24.7 Å². The third-order valence-corrected chi connectivity index (χ3v) is 8.63. The minimum Gasteiger partial charge on any atom is -0.396 e. The van der Waals surface area contributed by atoms with E-state index >= 15 is 0 Å². The molecule has 3 heterocycles. The van der Waals surface area contributed by atoms with Crippen LogP contribution in [0.2, 0.25) is 0 Å². The number of carbonyl (C=O) groups excluding carboxylic acids is 2. The number of carbonyl (C=O) groups is 2. The Balaban J connectivity index is 1.15. The molecule has 13 heteroatoms. The lowest BCUT2D eigenvalue weighted by molar-refractivity contribution is -0.385. The van der Waals surface area contributed by atoms with Crippen LogP contribution in [0.5, 0.6) is 0 Å². The monoisotopic (exact) mass is 649 g/mol. The number of benzene rings is 3. The van der Waals surface area contributed by atoms with Crippen LogP contribution in [0, 0.1) is 16.0 Å². The van der Waals surface area contributed by atoms with Gasteiger partial charge >= 0.3 is 0 Å². The number of nitro groups is 1. The van der Waals surface area contributed by atoms with E-state index in [-0.39, 0.29) is 36.7 Å². The standard InChI is InChI=1S/C35H35N7O6/c1-23(6-4-5-16-40-22-27(15-17-43)38-39-40)35(46)30-19-28(42(47)48)13-14-32(30)41(34(35)45)21-24-9-11-26(12-10-24)37-33(44)18-25-20-36-31-8-3-2-7-29(25)31/h2-4,6-14,19-20,22-23,36,43,46H,5,15-18,21H2,1H3,(H,37,44)/b6-4+/t23-,35+/m1/s1. The molecule has 0 saturated heterocycles. The van der Waals surface area contributed by atoms with Gasteiger partial charge in [0, 0.05) is 72.2 Å². The molecule has 2 atom stereocenters. The fourth-order valence-electron chi connectivity index (χ4n) is 6.06. The number of anilines is 2. The number of aliphatic hydroxyl groups is 2. The quantitative estimate of drug-likeness (QED) is 0.0823. The Bertz CT molecular complexity index is 2000. The second kappa shape index (κ2) is 13.6. The maximum atomic E-state index is 14.0. The maximum absolute atomic E-state index is 14.0. The molecular formula is C35H35N7O6. The summed E-state index contributed by atoms with van der Waals surface area (Å²) >= 11 is 0. The summed E-state index contributed by atoms with van der Waals surface area (Å²) in [6, 6.07) is 18.9. The van der Waals surface area contributed by atoms with Gasteiger partial charge in [-0.05, 0) is 41.8 Å². The van der Waals surface area contributed by atoms with Crippen LogP contribution in [0.1, 0.15) is 35.7 Å². The maximum Gasteiger partial charge on any atom is 0.269 e. The molecule has 0 fully saturated rings. The molecule has 1 aliphatic heterocycles. The van der Waals surface area contributed by atoms with E-state index in [1.54, 1.807) is 48.1 Å². The lowest BCUT2D eigenvalue weighted by atomic mass is 9.82. The van der Waals surface area contributed by atoms with Gasteiger partial charge in [0.15, 0.2) is 5.60 Å². The number of nitrogens with zero attached hydrogens (tertiary/aromatic N) is 5. The van der Waals surface area contributed by atoms with E-state index in [9.17, 15) is 24.8 Å². The van der Waals surface area contributed by atoms with Crippen molar-refractivity contribution in [2.75, 3.05) is 16.8 Å².